The molecule has 0 aromatic heterocycles. The maximum Gasteiger partial charge on any atom is 0.336 e. The average molecular weight is 238 g/mol. The Morgan fingerprint density at radius 1 is 1.18 bits per heavy atom. The molecule has 1 aromatic carbocycles. The number of esters is 1. The summed E-state index contributed by atoms with van der Waals surface area (Å²) in [5.41, 5.74) is -0.138. The van der Waals surface area contributed by atoms with Crippen LogP contribution >= 0.6 is 0 Å². The van der Waals surface area contributed by atoms with Crippen molar-refractivity contribution < 1.29 is 29.3 Å². The molecule has 17 heavy (non-hydrogen) atoms. The maximum atomic E-state index is 11.0. The number of rotatable bonds is 4. The highest BCUT2D eigenvalue weighted by molar-refractivity contribution is 5.95. The lowest BCUT2D eigenvalue weighted by molar-refractivity contribution is -0.139. The molecule has 0 aliphatic carbocycles. The van der Waals surface area contributed by atoms with Crippen LogP contribution in [0.1, 0.15) is 26.3 Å². The lowest BCUT2D eigenvalue weighted by Gasteiger charge is -2.06. The second kappa shape index (κ2) is 5.11. The Labute approximate surface area is 96.4 Å². The molecule has 0 radical (unpaired) electrons. The van der Waals surface area contributed by atoms with Gasteiger partial charge in [-0.15, -0.1) is 0 Å². The molecule has 2 N–H and O–H groups in total. The van der Waals surface area contributed by atoms with Crippen molar-refractivity contribution in [1.82, 2.24) is 0 Å². The Morgan fingerprint density at radius 2 is 1.82 bits per heavy atom. The summed E-state index contributed by atoms with van der Waals surface area (Å²) in [6.45, 7) is 0. The number of carbonyl (C=O) groups is 3. The van der Waals surface area contributed by atoms with E-state index in [1.165, 1.54) is 19.2 Å². The van der Waals surface area contributed by atoms with E-state index in [-0.39, 0.29) is 23.1 Å². The van der Waals surface area contributed by atoms with E-state index >= 15 is 0 Å². The number of aromatic carboxylic acids is 2. The number of benzene rings is 1. The van der Waals surface area contributed by atoms with Crippen LogP contribution in [-0.2, 0) is 16.0 Å². The van der Waals surface area contributed by atoms with Crippen LogP contribution in [0.3, 0.4) is 0 Å². The molecule has 6 nitrogen and oxygen atoms in total. The van der Waals surface area contributed by atoms with Crippen LogP contribution in [0, 0.1) is 0 Å². The molecule has 0 fully saturated rings. The van der Waals surface area contributed by atoms with Gasteiger partial charge in [-0.3, -0.25) is 4.79 Å². The third-order valence-electron chi connectivity index (χ3n) is 2.15. The third-order valence-corrected chi connectivity index (χ3v) is 2.15. The van der Waals surface area contributed by atoms with Crippen molar-refractivity contribution in [3.8, 4) is 0 Å². The maximum absolute atomic E-state index is 11.0. The van der Waals surface area contributed by atoms with E-state index in [1.807, 2.05) is 0 Å². The summed E-state index contributed by atoms with van der Waals surface area (Å²) in [6.07, 6.45) is -0.210. The minimum absolute atomic E-state index is 0.143. The summed E-state index contributed by atoms with van der Waals surface area (Å²) in [6, 6.07) is 3.56. The Balaban J connectivity index is 3.17. The summed E-state index contributed by atoms with van der Waals surface area (Å²) in [7, 11) is 1.19. The molecule has 0 saturated carbocycles. The van der Waals surface area contributed by atoms with Gasteiger partial charge in [0.2, 0.25) is 0 Å². The predicted octanol–water partition coefficient (Wildman–Crippen LogP) is 0.798. The first-order chi connectivity index (χ1) is 7.95. The molecule has 0 aliphatic heterocycles. The van der Waals surface area contributed by atoms with Gasteiger partial charge in [0.05, 0.1) is 24.7 Å². The zero-order valence-corrected chi connectivity index (χ0v) is 8.97. The Morgan fingerprint density at radius 3 is 2.29 bits per heavy atom. The zero-order chi connectivity index (χ0) is 13.0. The average Bonchev–Trinajstić information content (AvgIpc) is 2.28. The fraction of sp³-hybridized carbons (Fsp3) is 0.182. The number of ether oxygens (including phenoxy) is 1. The van der Waals surface area contributed by atoms with Crippen molar-refractivity contribution in [2.75, 3.05) is 7.11 Å². The van der Waals surface area contributed by atoms with E-state index in [9.17, 15) is 14.4 Å². The van der Waals surface area contributed by atoms with E-state index in [0.29, 0.717) is 0 Å². The van der Waals surface area contributed by atoms with Crippen LogP contribution in [0.15, 0.2) is 18.2 Å². The van der Waals surface area contributed by atoms with Gasteiger partial charge in [0.25, 0.3) is 0 Å². The molecule has 0 amide bonds. The molecule has 6 heteroatoms. The summed E-state index contributed by atoms with van der Waals surface area (Å²) < 4.78 is 4.42. The number of carboxylic acid groups (broad SMARTS) is 2. The van der Waals surface area contributed by atoms with Gasteiger partial charge >= 0.3 is 17.9 Å². The van der Waals surface area contributed by atoms with Gasteiger partial charge < -0.3 is 14.9 Å². The Bertz CT molecular complexity index is 477. The second-order valence-electron chi connectivity index (χ2n) is 3.24. The summed E-state index contributed by atoms with van der Waals surface area (Å²) in [5.74, 6) is -3.10. The summed E-state index contributed by atoms with van der Waals surface area (Å²) in [4.78, 5) is 32.6. The smallest absolute Gasteiger partial charge is 0.336 e. The van der Waals surface area contributed by atoms with Crippen molar-refractivity contribution >= 4 is 17.9 Å². The van der Waals surface area contributed by atoms with Crippen molar-refractivity contribution in [3.05, 3.63) is 34.9 Å². The van der Waals surface area contributed by atoms with E-state index in [4.69, 9.17) is 10.2 Å². The van der Waals surface area contributed by atoms with Gasteiger partial charge in [0.15, 0.2) is 0 Å². The van der Waals surface area contributed by atoms with Crippen LogP contribution < -0.4 is 0 Å². The topological polar surface area (TPSA) is 101 Å². The Kier molecular flexibility index (Phi) is 3.82. The number of hydrogen-bond donors (Lipinski definition) is 2. The molecule has 0 spiro atoms. The van der Waals surface area contributed by atoms with Crippen LogP contribution in [0.25, 0.3) is 0 Å². The molecule has 90 valence electrons. The number of carboxylic acids is 2. The van der Waals surface area contributed by atoms with E-state index in [2.05, 4.69) is 4.74 Å². The van der Waals surface area contributed by atoms with Gasteiger partial charge in [-0.05, 0) is 17.7 Å². The van der Waals surface area contributed by atoms with Gasteiger partial charge in [-0.1, -0.05) is 6.07 Å². The van der Waals surface area contributed by atoms with Crippen molar-refractivity contribution in [2.24, 2.45) is 0 Å². The highest BCUT2D eigenvalue weighted by atomic mass is 16.5. The number of methoxy groups -OCH3 is 1. The molecule has 0 aliphatic rings. The minimum atomic E-state index is -1.29. The molecule has 1 aromatic rings. The first-order valence-corrected chi connectivity index (χ1v) is 4.62. The zero-order valence-electron chi connectivity index (χ0n) is 8.97. The fourth-order valence-corrected chi connectivity index (χ4v) is 1.29. The van der Waals surface area contributed by atoms with Crippen LogP contribution in [0.5, 0.6) is 0 Å². The molecular weight excluding hydrogens is 228 g/mol. The van der Waals surface area contributed by atoms with Gasteiger partial charge in [0.1, 0.15) is 0 Å². The monoisotopic (exact) mass is 238 g/mol. The van der Waals surface area contributed by atoms with Gasteiger partial charge in [-0.2, -0.15) is 0 Å². The minimum Gasteiger partial charge on any atom is -0.478 e. The van der Waals surface area contributed by atoms with Gasteiger partial charge in [0, 0.05) is 0 Å². The molecular formula is C11H10O6. The summed E-state index contributed by atoms with van der Waals surface area (Å²) in [5, 5.41) is 17.6. The molecule has 0 heterocycles. The highest BCUT2D eigenvalue weighted by Gasteiger charge is 2.16. The first kappa shape index (κ1) is 12.7. The molecule has 0 saturated heterocycles. The third kappa shape index (κ3) is 3.04. The van der Waals surface area contributed by atoms with Gasteiger partial charge in [-0.25, -0.2) is 9.59 Å². The highest BCUT2D eigenvalue weighted by Crippen LogP contribution is 2.14. The lowest BCUT2D eigenvalue weighted by Crippen LogP contribution is -2.11. The standard InChI is InChI=1S/C11H10O6/c1-17-9(12)5-6-2-3-7(10(13)14)4-8(6)11(15)16/h2-4H,5H2,1H3,(H,13,14)(H,15,16). The van der Waals surface area contributed by atoms with E-state index in [0.717, 1.165) is 6.07 Å². The number of carbonyl (C=O) groups excluding carboxylic acids is 1. The largest absolute Gasteiger partial charge is 0.478 e. The molecule has 0 bridgehead atoms. The first-order valence-electron chi connectivity index (χ1n) is 4.62. The van der Waals surface area contributed by atoms with Crippen molar-refractivity contribution in [1.29, 1.82) is 0 Å². The van der Waals surface area contributed by atoms with Crippen molar-refractivity contribution in [2.45, 2.75) is 6.42 Å². The van der Waals surface area contributed by atoms with Crippen LogP contribution in [0.2, 0.25) is 0 Å². The fourth-order valence-electron chi connectivity index (χ4n) is 1.29. The molecule has 0 atom stereocenters. The van der Waals surface area contributed by atoms with Crippen LogP contribution in [-0.4, -0.2) is 35.2 Å². The number of hydrogen-bond acceptors (Lipinski definition) is 4. The SMILES string of the molecule is COC(=O)Cc1ccc(C(=O)O)cc1C(=O)O. The second-order valence-corrected chi connectivity index (χ2v) is 3.24. The van der Waals surface area contributed by atoms with E-state index < -0.39 is 17.9 Å². The van der Waals surface area contributed by atoms with Crippen molar-refractivity contribution in [3.63, 3.8) is 0 Å². The van der Waals surface area contributed by atoms with E-state index in [1.54, 1.807) is 0 Å². The predicted molar refractivity (Wildman–Crippen MR) is 56.1 cm³/mol. The quantitative estimate of drug-likeness (QED) is 0.752. The molecule has 0 unspecified atom stereocenters. The molecule has 1 rings (SSSR count). The van der Waals surface area contributed by atoms with Crippen LogP contribution in [0.4, 0.5) is 0 Å². The summed E-state index contributed by atoms with van der Waals surface area (Å²) >= 11 is 0. The lowest BCUT2D eigenvalue weighted by atomic mass is 10.0. The Hall–Kier alpha value is -2.37. The normalized spacial score (nSPS) is 9.71.